The molecule has 2 unspecified atom stereocenters. The fraction of sp³-hybridized carbons (Fsp3) is 0.727. The molecule has 0 amide bonds. The summed E-state index contributed by atoms with van der Waals surface area (Å²) >= 11 is 0. The van der Waals surface area contributed by atoms with Gasteiger partial charge in [-0.1, -0.05) is 13.8 Å². The van der Waals surface area contributed by atoms with E-state index >= 15 is 0 Å². The minimum atomic E-state index is 0.143. The predicted octanol–water partition coefficient (Wildman–Crippen LogP) is 1.92. The van der Waals surface area contributed by atoms with E-state index in [1.54, 1.807) is 0 Å². The number of hydrogen-bond donors (Lipinski definition) is 1. The van der Waals surface area contributed by atoms with Gasteiger partial charge in [-0.05, 0) is 32.8 Å². The highest BCUT2D eigenvalue weighted by atomic mass is 15.3. The fourth-order valence-corrected chi connectivity index (χ4v) is 1.50. The van der Waals surface area contributed by atoms with Crippen LogP contribution in [0.3, 0.4) is 0 Å². The number of hydrogen-bond acceptors (Lipinski definition) is 2. The molecule has 0 aliphatic rings. The fourth-order valence-electron chi connectivity index (χ4n) is 1.50. The molecule has 14 heavy (non-hydrogen) atoms. The third-order valence-corrected chi connectivity index (χ3v) is 2.73. The van der Waals surface area contributed by atoms with Gasteiger partial charge < -0.3 is 5.73 Å². The maximum atomic E-state index is 5.88. The lowest BCUT2D eigenvalue weighted by atomic mass is 10.2. The van der Waals surface area contributed by atoms with Crippen LogP contribution in [-0.2, 0) is 12.8 Å². The molecule has 0 aliphatic heterocycles. The molecule has 0 radical (unpaired) electrons. The van der Waals surface area contributed by atoms with E-state index in [9.17, 15) is 0 Å². The minimum Gasteiger partial charge on any atom is -0.326 e. The summed E-state index contributed by atoms with van der Waals surface area (Å²) in [6.07, 6.45) is 2.01. The Kier molecular flexibility index (Phi) is 3.69. The van der Waals surface area contributed by atoms with Gasteiger partial charge in [0.2, 0.25) is 0 Å². The zero-order chi connectivity index (χ0) is 10.7. The zero-order valence-electron chi connectivity index (χ0n) is 9.62. The summed E-state index contributed by atoms with van der Waals surface area (Å²) in [6.45, 7) is 8.43. The molecule has 1 aromatic rings. The Labute approximate surface area is 86.3 Å². The first-order valence-electron chi connectivity index (χ1n) is 5.43. The molecule has 0 saturated carbocycles. The highest BCUT2D eigenvalue weighted by Gasteiger charge is 2.14. The molecule has 1 rings (SSSR count). The third kappa shape index (κ3) is 2.15. The molecule has 0 aromatic carbocycles. The smallest absolute Gasteiger partial charge is 0.0642 e. The summed E-state index contributed by atoms with van der Waals surface area (Å²) < 4.78 is 2.07. The average Bonchev–Trinajstić information content (AvgIpc) is 2.59. The monoisotopic (exact) mass is 195 g/mol. The second kappa shape index (κ2) is 4.60. The lowest BCUT2D eigenvalue weighted by molar-refractivity contribution is 0.411. The van der Waals surface area contributed by atoms with Crippen LogP contribution in [0.4, 0.5) is 0 Å². The Balaban J connectivity index is 2.99. The van der Waals surface area contributed by atoms with Crippen LogP contribution in [0.15, 0.2) is 6.07 Å². The Morgan fingerprint density at radius 3 is 2.43 bits per heavy atom. The summed E-state index contributed by atoms with van der Waals surface area (Å²) in [5.41, 5.74) is 8.33. The van der Waals surface area contributed by atoms with Crippen LogP contribution < -0.4 is 5.73 Å². The second-order valence-corrected chi connectivity index (χ2v) is 3.88. The Bertz CT molecular complexity index is 289. The van der Waals surface area contributed by atoms with Crippen molar-refractivity contribution < 1.29 is 0 Å². The largest absolute Gasteiger partial charge is 0.326 e. The van der Waals surface area contributed by atoms with Crippen LogP contribution >= 0.6 is 0 Å². The maximum absolute atomic E-state index is 5.88. The van der Waals surface area contributed by atoms with Crippen molar-refractivity contribution in [1.82, 2.24) is 9.78 Å². The Morgan fingerprint density at radius 2 is 2.00 bits per heavy atom. The quantitative estimate of drug-likeness (QED) is 0.797. The van der Waals surface area contributed by atoms with Crippen LogP contribution in [0.1, 0.15) is 45.1 Å². The van der Waals surface area contributed by atoms with E-state index in [0.29, 0.717) is 0 Å². The number of rotatable bonds is 4. The maximum Gasteiger partial charge on any atom is 0.0642 e. The van der Waals surface area contributed by atoms with Gasteiger partial charge in [-0.2, -0.15) is 5.10 Å². The van der Waals surface area contributed by atoms with Crippen molar-refractivity contribution >= 4 is 0 Å². The molecule has 1 heterocycles. The van der Waals surface area contributed by atoms with E-state index in [1.165, 1.54) is 5.69 Å². The van der Waals surface area contributed by atoms with Gasteiger partial charge >= 0.3 is 0 Å². The molecule has 0 fully saturated rings. The van der Waals surface area contributed by atoms with Gasteiger partial charge in [-0.15, -0.1) is 0 Å². The number of nitrogens with zero attached hydrogens (tertiary/aromatic N) is 2. The Morgan fingerprint density at radius 1 is 1.36 bits per heavy atom. The molecular weight excluding hydrogens is 174 g/mol. The summed E-state index contributed by atoms with van der Waals surface area (Å²) in [5, 5.41) is 4.56. The SMILES string of the molecule is CCc1cc(CC)n(C(C)C(C)N)n1. The summed E-state index contributed by atoms with van der Waals surface area (Å²) in [7, 11) is 0. The van der Waals surface area contributed by atoms with Gasteiger partial charge in [-0.25, -0.2) is 0 Å². The number of nitrogens with two attached hydrogens (primary N) is 1. The molecule has 1 aromatic heterocycles. The van der Waals surface area contributed by atoms with Crippen molar-refractivity contribution in [3.63, 3.8) is 0 Å². The average molecular weight is 195 g/mol. The number of aryl methyl sites for hydroxylation is 2. The van der Waals surface area contributed by atoms with Gasteiger partial charge in [0, 0.05) is 11.7 Å². The van der Waals surface area contributed by atoms with E-state index in [-0.39, 0.29) is 12.1 Å². The molecule has 2 N–H and O–H groups in total. The summed E-state index contributed by atoms with van der Waals surface area (Å²) in [6, 6.07) is 2.61. The van der Waals surface area contributed by atoms with E-state index in [0.717, 1.165) is 18.5 Å². The van der Waals surface area contributed by atoms with Crippen LogP contribution in [-0.4, -0.2) is 15.8 Å². The normalized spacial score (nSPS) is 15.5. The molecule has 0 bridgehead atoms. The highest BCUT2D eigenvalue weighted by molar-refractivity contribution is 5.11. The molecule has 3 heteroatoms. The van der Waals surface area contributed by atoms with Crippen LogP contribution in [0.2, 0.25) is 0 Å². The molecule has 3 nitrogen and oxygen atoms in total. The van der Waals surface area contributed by atoms with Gasteiger partial charge in [0.25, 0.3) is 0 Å². The molecule has 2 atom stereocenters. The first-order chi connectivity index (χ1) is 6.60. The van der Waals surface area contributed by atoms with Crippen molar-refractivity contribution in [2.24, 2.45) is 5.73 Å². The summed E-state index contributed by atoms with van der Waals surface area (Å²) in [5.74, 6) is 0. The van der Waals surface area contributed by atoms with Gasteiger partial charge in [0.1, 0.15) is 0 Å². The molecule has 0 spiro atoms. The lowest BCUT2D eigenvalue weighted by Gasteiger charge is -2.18. The molecule has 0 saturated heterocycles. The first-order valence-corrected chi connectivity index (χ1v) is 5.43. The van der Waals surface area contributed by atoms with E-state index in [4.69, 9.17) is 5.73 Å². The van der Waals surface area contributed by atoms with Crippen LogP contribution in [0.5, 0.6) is 0 Å². The van der Waals surface area contributed by atoms with Crippen molar-refractivity contribution in [2.75, 3.05) is 0 Å². The van der Waals surface area contributed by atoms with Crippen LogP contribution in [0, 0.1) is 0 Å². The van der Waals surface area contributed by atoms with Crippen LogP contribution in [0.25, 0.3) is 0 Å². The predicted molar refractivity (Wildman–Crippen MR) is 59.3 cm³/mol. The topological polar surface area (TPSA) is 43.8 Å². The minimum absolute atomic E-state index is 0.143. The van der Waals surface area contributed by atoms with Gasteiger partial charge in [-0.3, -0.25) is 4.68 Å². The van der Waals surface area contributed by atoms with Crippen molar-refractivity contribution in [3.05, 3.63) is 17.5 Å². The third-order valence-electron chi connectivity index (χ3n) is 2.73. The standard InChI is InChI=1S/C11H21N3/c1-5-10-7-11(6-2)14(13-10)9(4)8(3)12/h7-9H,5-6,12H2,1-4H3. The zero-order valence-corrected chi connectivity index (χ0v) is 9.62. The van der Waals surface area contributed by atoms with E-state index in [1.807, 2.05) is 6.92 Å². The van der Waals surface area contributed by atoms with Gasteiger partial charge in [0.15, 0.2) is 0 Å². The molecule has 0 aliphatic carbocycles. The molecular formula is C11H21N3. The van der Waals surface area contributed by atoms with Gasteiger partial charge in [0.05, 0.1) is 11.7 Å². The summed E-state index contributed by atoms with van der Waals surface area (Å²) in [4.78, 5) is 0. The van der Waals surface area contributed by atoms with Crippen molar-refractivity contribution in [1.29, 1.82) is 0 Å². The first kappa shape index (κ1) is 11.2. The lowest BCUT2D eigenvalue weighted by Crippen LogP contribution is -2.28. The highest BCUT2D eigenvalue weighted by Crippen LogP contribution is 2.14. The van der Waals surface area contributed by atoms with Crippen molar-refractivity contribution in [3.8, 4) is 0 Å². The van der Waals surface area contributed by atoms with E-state index in [2.05, 4.69) is 36.6 Å². The Hall–Kier alpha value is -0.830. The molecule has 80 valence electrons. The number of aromatic nitrogens is 2. The second-order valence-electron chi connectivity index (χ2n) is 3.88. The van der Waals surface area contributed by atoms with E-state index < -0.39 is 0 Å². The van der Waals surface area contributed by atoms with Crippen molar-refractivity contribution in [2.45, 2.75) is 52.6 Å².